The highest BCUT2D eigenvalue weighted by Gasteiger charge is 2.30. The Kier molecular flexibility index (Phi) is 72.5. The topological polar surface area (TPSA) is 237 Å². The molecule has 19 heteroatoms. The van der Waals surface area contributed by atoms with Gasteiger partial charge in [-0.05, 0) is 49.4 Å². The number of ether oxygens (including phenoxy) is 4. The van der Waals surface area contributed by atoms with Gasteiger partial charge in [-0.3, -0.25) is 37.3 Å². The van der Waals surface area contributed by atoms with Gasteiger partial charge in [0.05, 0.1) is 26.4 Å². The molecule has 5 atom stereocenters. The number of aliphatic hydroxyl groups excluding tert-OH is 1. The van der Waals surface area contributed by atoms with Crippen molar-refractivity contribution in [2.45, 2.75) is 459 Å². The van der Waals surface area contributed by atoms with Crippen LogP contribution < -0.4 is 0 Å². The van der Waals surface area contributed by atoms with Crippen LogP contribution in [0.2, 0.25) is 0 Å². The highest BCUT2D eigenvalue weighted by atomic mass is 31.2. The van der Waals surface area contributed by atoms with Crippen LogP contribution in [0.3, 0.4) is 0 Å². The Morgan fingerprint density at radius 2 is 0.404 bits per heavy atom. The second-order valence-corrected chi connectivity index (χ2v) is 35.4. The molecule has 0 aromatic rings. The van der Waals surface area contributed by atoms with Gasteiger partial charge in [0.2, 0.25) is 0 Å². The quantitative estimate of drug-likeness (QED) is 0.0222. The molecule has 0 aliphatic carbocycles. The molecule has 2 unspecified atom stereocenters. The average molecular weight is 1520 g/mol. The van der Waals surface area contributed by atoms with Crippen LogP contribution in [-0.4, -0.2) is 96.7 Å². The van der Waals surface area contributed by atoms with Crippen LogP contribution in [0.5, 0.6) is 0 Å². The van der Waals surface area contributed by atoms with Gasteiger partial charge < -0.3 is 33.8 Å². The lowest BCUT2D eigenvalue weighted by Crippen LogP contribution is -2.30. The zero-order valence-corrected chi connectivity index (χ0v) is 70.5. The summed E-state index contributed by atoms with van der Waals surface area (Å²) in [5, 5.41) is 10.7. The fraction of sp³-hybridized carbons (Fsp3) is 0.953. The maximum Gasteiger partial charge on any atom is 0.472 e. The number of rotatable bonds is 82. The summed E-state index contributed by atoms with van der Waals surface area (Å²) in [5.41, 5.74) is 0. The molecule has 0 amide bonds. The highest BCUT2D eigenvalue weighted by Crippen LogP contribution is 2.45. The molecule has 0 heterocycles. The zero-order chi connectivity index (χ0) is 76.7. The Hall–Kier alpha value is -1.94. The third-order valence-corrected chi connectivity index (χ3v) is 21.7. The normalized spacial score (nSPS) is 14.0. The van der Waals surface area contributed by atoms with Crippen LogP contribution in [0.4, 0.5) is 0 Å². The van der Waals surface area contributed by atoms with Crippen molar-refractivity contribution in [2.24, 2.45) is 23.7 Å². The monoisotopic (exact) mass is 1520 g/mol. The molecule has 0 bridgehead atoms. The average Bonchev–Trinajstić information content (AvgIpc) is 0.922. The molecule has 0 rings (SSSR count). The number of esters is 4. The molecule has 0 fully saturated rings. The predicted molar refractivity (Wildman–Crippen MR) is 428 cm³/mol. The summed E-state index contributed by atoms with van der Waals surface area (Å²) in [6.45, 7) is 14.3. The molecule has 0 aliphatic heterocycles. The van der Waals surface area contributed by atoms with Gasteiger partial charge in [-0.15, -0.1) is 0 Å². The maximum atomic E-state index is 13.1. The van der Waals surface area contributed by atoms with E-state index in [9.17, 15) is 43.2 Å². The Morgan fingerprint density at radius 3 is 0.596 bits per heavy atom. The van der Waals surface area contributed by atoms with E-state index in [1.165, 1.54) is 238 Å². The summed E-state index contributed by atoms with van der Waals surface area (Å²) >= 11 is 0. The first kappa shape index (κ1) is 102. The van der Waals surface area contributed by atoms with E-state index in [2.05, 4.69) is 55.4 Å². The lowest BCUT2D eigenvalue weighted by molar-refractivity contribution is -0.161. The lowest BCUT2D eigenvalue weighted by atomic mass is 10.0. The number of hydrogen-bond acceptors (Lipinski definition) is 15. The second-order valence-electron chi connectivity index (χ2n) is 32.5. The van der Waals surface area contributed by atoms with Gasteiger partial charge in [-0.1, -0.05) is 389 Å². The number of unbranched alkanes of at least 4 members (excludes halogenated alkanes) is 48. The zero-order valence-electron chi connectivity index (χ0n) is 68.7. The Bertz CT molecular complexity index is 2020. The molecule has 0 aliphatic rings. The van der Waals surface area contributed by atoms with E-state index in [1.54, 1.807) is 0 Å². The van der Waals surface area contributed by atoms with Crippen molar-refractivity contribution in [1.29, 1.82) is 0 Å². The van der Waals surface area contributed by atoms with Crippen LogP contribution in [0, 0.1) is 23.7 Å². The first-order valence-corrected chi connectivity index (χ1v) is 46.7. The van der Waals surface area contributed by atoms with E-state index < -0.39 is 97.5 Å². The van der Waals surface area contributed by atoms with E-state index in [-0.39, 0.29) is 25.7 Å². The number of phosphoric ester groups is 2. The molecule has 618 valence electrons. The van der Waals surface area contributed by atoms with Gasteiger partial charge in [0.25, 0.3) is 0 Å². The number of hydrogen-bond donors (Lipinski definition) is 3. The summed E-state index contributed by atoms with van der Waals surface area (Å²) in [7, 11) is -9.93. The number of phosphoric acid groups is 2. The Labute approximate surface area is 638 Å². The van der Waals surface area contributed by atoms with Crippen LogP contribution >= 0.6 is 15.6 Å². The minimum atomic E-state index is -4.97. The van der Waals surface area contributed by atoms with Crippen LogP contribution in [0.15, 0.2) is 0 Å². The molecule has 17 nitrogen and oxygen atoms in total. The molecule has 0 spiro atoms. The third kappa shape index (κ3) is 78.2. The van der Waals surface area contributed by atoms with Gasteiger partial charge in [-0.2, -0.15) is 0 Å². The van der Waals surface area contributed by atoms with E-state index in [1.807, 2.05) is 0 Å². The summed E-state index contributed by atoms with van der Waals surface area (Å²) < 4.78 is 68.8. The van der Waals surface area contributed by atoms with Gasteiger partial charge in [0.15, 0.2) is 12.2 Å². The smallest absolute Gasteiger partial charge is 0.462 e. The summed E-state index contributed by atoms with van der Waals surface area (Å²) in [6.07, 6.45) is 62.7. The van der Waals surface area contributed by atoms with Gasteiger partial charge >= 0.3 is 39.5 Å². The molecule has 104 heavy (non-hydrogen) atoms. The molecule has 3 N–H and O–H groups in total. The van der Waals surface area contributed by atoms with Crippen molar-refractivity contribution in [3.8, 4) is 0 Å². The molecule has 0 saturated carbocycles. The molecule has 0 saturated heterocycles. The number of carbonyl (C=O) groups is 4. The van der Waals surface area contributed by atoms with E-state index >= 15 is 0 Å². The van der Waals surface area contributed by atoms with Crippen molar-refractivity contribution in [3.63, 3.8) is 0 Å². The summed E-state index contributed by atoms with van der Waals surface area (Å²) in [4.78, 5) is 73.1. The van der Waals surface area contributed by atoms with Crippen molar-refractivity contribution in [3.05, 3.63) is 0 Å². The van der Waals surface area contributed by atoms with Gasteiger partial charge in [-0.25, -0.2) is 9.13 Å². The Morgan fingerprint density at radius 1 is 0.240 bits per heavy atom. The molecular formula is C85H166O17P2. The van der Waals surface area contributed by atoms with Crippen LogP contribution in [0.1, 0.15) is 441 Å². The van der Waals surface area contributed by atoms with Gasteiger partial charge in [0, 0.05) is 25.7 Å². The van der Waals surface area contributed by atoms with E-state index in [0.717, 1.165) is 114 Å². The first-order valence-electron chi connectivity index (χ1n) is 43.7. The fourth-order valence-corrected chi connectivity index (χ4v) is 14.7. The minimum Gasteiger partial charge on any atom is -0.462 e. The first-order chi connectivity index (χ1) is 50.1. The lowest BCUT2D eigenvalue weighted by Gasteiger charge is -2.21. The molecule has 0 aromatic carbocycles. The van der Waals surface area contributed by atoms with Gasteiger partial charge in [0.1, 0.15) is 19.3 Å². The molecular weight excluding hydrogens is 1350 g/mol. The number of aliphatic hydroxyl groups is 1. The van der Waals surface area contributed by atoms with Crippen LogP contribution in [-0.2, 0) is 65.4 Å². The minimum absolute atomic E-state index is 0.106. The van der Waals surface area contributed by atoms with E-state index in [4.69, 9.17) is 37.0 Å². The standard InChI is InChI=1S/C85H166O17P2/c1-75(2)61-53-45-37-31-25-19-15-11-9-10-12-18-22-29-35-41-51-59-67-84(89)101-80(71-95-82(87)65-57-49-40-34-28-21-17-14-13-16-20-26-32-38-46-54-62-76(3)4)73-99-103(91,92)97-69-79(86)70-98-104(93,94)100-74-81(72-96-83(88)66-58-50-44-43-48-56-64-78(7)8)102-85(90)68-60-52-42-36-30-24-23-27-33-39-47-55-63-77(5)6/h75-81,86H,9-74H2,1-8H3,(H,91,92)(H,93,94)/t79-,80-,81-/m1/s1. The summed E-state index contributed by atoms with van der Waals surface area (Å²) in [5.74, 6) is 0.978. The predicted octanol–water partition coefficient (Wildman–Crippen LogP) is 25.6. The van der Waals surface area contributed by atoms with Crippen LogP contribution in [0.25, 0.3) is 0 Å². The largest absolute Gasteiger partial charge is 0.472 e. The Balaban J connectivity index is 5.21. The van der Waals surface area contributed by atoms with Crippen molar-refractivity contribution >= 4 is 39.5 Å². The van der Waals surface area contributed by atoms with E-state index in [0.29, 0.717) is 31.6 Å². The molecule has 0 radical (unpaired) electrons. The van der Waals surface area contributed by atoms with Crippen molar-refractivity contribution in [1.82, 2.24) is 0 Å². The number of carbonyl (C=O) groups excluding carboxylic acids is 4. The summed E-state index contributed by atoms with van der Waals surface area (Å²) in [6, 6.07) is 0. The second kappa shape index (κ2) is 73.8. The highest BCUT2D eigenvalue weighted by molar-refractivity contribution is 7.47. The fourth-order valence-electron chi connectivity index (χ4n) is 13.1. The molecule has 0 aromatic heterocycles. The van der Waals surface area contributed by atoms with Crippen molar-refractivity contribution in [2.75, 3.05) is 39.6 Å². The SMILES string of the molecule is CC(C)CCCCCCCCCCCCCCCCCCCCC(=O)O[C@H](COC(=O)CCCCCCCCCCCCCCCCCCC(C)C)COP(=O)(O)OC[C@@H](O)COP(=O)(O)OC[C@@H](COC(=O)CCCCCCCCC(C)C)OC(=O)CCCCCCCCCCCCCCC(C)C. The van der Waals surface area contributed by atoms with Crippen molar-refractivity contribution < 1.29 is 80.2 Å². The third-order valence-electron chi connectivity index (χ3n) is 19.8. The maximum absolute atomic E-state index is 13.1.